The van der Waals surface area contributed by atoms with E-state index in [0.29, 0.717) is 32.6 Å². The summed E-state index contributed by atoms with van der Waals surface area (Å²) in [6.45, 7) is 0. The summed E-state index contributed by atoms with van der Waals surface area (Å²) in [6, 6.07) is 9.34. The van der Waals surface area contributed by atoms with Gasteiger partial charge in [0.15, 0.2) is 5.43 Å². The lowest BCUT2D eigenvalue weighted by Gasteiger charge is -2.11. The smallest absolute Gasteiger partial charge is 0.182 e. The monoisotopic (exact) mass is 451 g/mol. The molecule has 3 aromatic rings. The third-order valence-corrected chi connectivity index (χ3v) is 6.08. The van der Waals surface area contributed by atoms with E-state index in [1.54, 1.807) is 24.3 Å². The van der Waals surface area contributed by atoms with Gasteiger partial charge in [-0.2, -0.15) is 0 Å². The molecule has 2 aromatic carbocycles. The van der Waals surface area contributed by atoms with Gasteiger partial charge in [0.05, 0.1) is 41.5 Å². The molecule has 0 amide bonds. The number of hydrogen-bond acceptors (Lipinski definition) is 1. The molecule has 0 saturated heterocycles. The molecule has 0 fully saturated rings. The summed E-state index contributed by atoms with van der Waals surface area (Å²) in [5, 5.41) is 1.53. The van der Waals surface area contributed by atoms with Crippen molar-refractivity contribution in [2.45, 2.75) is 0 Å². The summed E-state index contributed by atoms with van der Waals surface area (Å²) in [5.41, 5.74) is 1.76. The minimum Gasteiger partial charge on any atom is -0.354 e. The van der Waals surface area contributed by atoms with Gasteiger partial charge in [-0.25, -0.2) is 0 Å². The van der Waals surface area contributed by atoms with Gasteiger partial charge in [-0.05, 0) is 24.3 Å². The van der Waals surface area contributed by atoms with Crippen molar-refractivity contribution in [3.8, 4) is 22.5 Å². The molecule has 0 bridgehead atoms. The van der Waals surface area contributed by atoms with E-state index in [9.17, 15) is 4.79 Å². The standard InChI is InChI=1S/C17H7Cl6NO/c18-10-3-1-8(14(20)16(10)22)12-5-7(25)6-13(24-12)9-2-4-11(19)17(23)15(9)21/h1-6H,(H,24,25). The van der Waals surface area contributed by atoms with Crippen LogP contribution >= 0.6 is 69.6 Å². The lowest BCUT2D eigenvalue weighted by molar-refractivity contribution is 1.30. The summed E-state index contributed by atoms with van der Waals surface area (Å²) in [6.07, 6.45) is 0. The Morgan fingerprint density at radius 3 is 1.40 bits per heavy atom. The van der Waals surface area contributed by atoms with E-state index >= 15 is 0 Å². The van der Waals surface area contributed by atoms with Crippen molar-refractivity contribution in [3.63, 3.8) is 0 Å². The molecule has 1 heterocycles. The molecular weight excluding hydrogens is 447 g/mol. The zero-order valence-electron chi connectivity index (χ0n) is 12.1. The molecule has 0 aliphatic rings. The molecule has 1 aromatic heterocycles. The highest BCUT2D eigenvalue weighted by molar-refractivity contribution is 6.49. The maximum Gasteiger partial charge on any atom is 0.182 e. The van der Waals surface area contributed by atoms with Crippen molar-refractivity contribution in [1.29, 1.82) is 0 Å². The van der Waals surface area contributed by atoms with E-state index in [4.69, 9.17) is 69.6 Å². The van der Waals surface area contributed by atoms with Crippen LogP contribution in [0.4, 0.5) is 0 Å². The highest BCUT2D eigenvalue weighted by Gasteiger charge is 2.15. The maximum atomic E-state index is 12.2. The fourth-order valence-corrected chi connectivity index (χ4v) is 3.58. The summed E-state index contributed by atoms with van der Waals surface area (Å²) >= 11 is 36.6. The van der Waals surface area contributed by atoms with Crippen LogP contribution in [-0.2, 0) is 0 Å². The fourth-order valence-electron chi connectivity index (χ4n) is 2.30. The Hall–Kier alpha value is -0.870. The quantitative estimate of drug-likeness (QED) is 0.397. The van der Waals surface area contributed by atoms with Crippen molar-refractivity contribution >= 4 is 69.6 Å². The van der Waals surface area contributed by atoms with Crippen LogP contribution in [0.25, 0.3) is 22.5 Å². The van der Waals surface area contributed by atoms with Gasteiger partial charge in [0.2, 0.25) is 0 Å². The van der Waals surface area contributed by atoms with Gasteiger partial charge in [-0.1, -0.05) is 69.6 Å². The zero-order chi connectivity index (χ0) is 18.3. The van der Waals surface area contributed by atoms with Crippen LogP contribution in [0, 0.1) is 0 Å². The Kier molecular flexibility index (Phi) is 5.60. The summed E-state index contributed by atoms with van der Waals surface area (Å²) in [4.78, 5) is 15.3. The molecule has 0 unspecified atom stereocenters. The molecule has 0 aliphatic heterocycles. The molecular formula is C17H7Cl6NO. The summed E-state index contributed by atoms with van der Waals surface area (Å²) < 4.78 is 0. The average molecular weight is 454 g/mol. The third kappa shape index (κ3) is 3.66. The largest absolute Gasteiger partial charge is 0.354 e. The number of rotatable bonds is 2. The highest BCUT2D eigenvalue weighted by Crippen LogP contribution is 2.39. The molecule has 1 N–H and O–H groups in total. The second-order valence-electron chi connectivity index (χ2n) is 5.09. The van der Waals surface area contributed by atoms with Crippen LogP contribution in [0.15, 0.2) is 41.2 Å². The van der Waals surface area contributed by atoms with E-state index in [-0.39, 0.29) is 25.5 Å². The van der Waals surface area contributed by atoms with Gasteiger partial charge in [0.1, 0.15) is 0 Å². The fraction of sp³-hybridized carbons (Fsp3) is 0. The molecule has 0 saturated carbocycles. The van der Waals surface area contributed by atoms with Crippen molar-refractivity contribution in [1.82, 2.24) is 4.98 Å². The lowest BCUT2D eigenvalue weighted by Crippen LogP contribution is -2.02. The average Bonchev–Trinajstić information content (AvgIpc) is 2.57. The molecule has 25 heavy (non-hydrogen) atoms. The van der Waals surface area contributed by atoms with Crippen molar-refractivity contribution < 1.29 is 0 Å². The van der Waals surface area contributed by atoms with Gasteiger partial charge in [0.25, 0.3) is 0 Å². The predicted octanol–water partition coefficient (Wildman–Crippen LogP) is 7.63. The van der Waals surface area contributed by atoms with Gasteiger partial charge in [-0.3, -0.25) is 4.79 Å². The zero-order valence-corrected chi connectivity index (χ0v) is 16.7. The van der Waals surface area contributed by atoms with Crippen LogP contribution in [0.3, 0.4) is 0 Å². The third-order valence-electron chi connectivity index (χ3n) is 3.49. The summed E-state index contributed by atoms with van der Waals surface area (Å²) in [7, 11) is 0. The molecule has 0 aliphatic carbocycles. The molecule has 0 atom stereocenters. The Morgan fingerprint density at radius 2 is 1.00 bits per heavy atom. The number of H-pyrrole nitrogens is 1. The molecule has 0 spiro atoms. The number of aromatic amines is 1. The van der Waals surface area contributed by atoms with Crippen molar-refractivity contribution in [2.24, 2.45) is 0 Å². The second kappa shape index (κ2) is 7.40. The molecule has 0 radical (unpaired) electrons. The first-order valence-electron chi connectivity index (χ1n) is 6.81. The van der Waals surface area contributed by atoms with E-state index in [1.807, 2.05) is 0 Å². The number of nitrogens with one attached hydrogen (secondary N) is 1. The molecule has 2 nitrogen and oxygen atoms in total. The van der Waals surface area contributed by atoms with Crippen LogP contribution in [0.2, 0.25) is 30.1 Å². The number of hydrogen-bond donors (Lipinski definition) is 1. The van der Waals surface area contributed by atoms with Gasteiger partial charge >= 0.3 is 0 Å². The Bertz CT molecular complexity index is 965. The van der Waals surface area contributed by atoms with Crippen LogP contribution in [0.5, 0.6) is 0 Å². The highest BCUT2D eigenvalue weighted by atomic mass is 35.5. The first-order valence-corrected chi connectivity index (χ1v) is 9.08. The normalized spacial score (nSPS) is 11.0. The van der Waals surface area contributed by atoms with E-state index in [1.165, 1.54) is 12.1 Å². The van der Waals surface area contributed by atoms with E-state index in [2.05, 4.69) is 4.98 Å². The minimum absolute atomic E-state index is 0.208. The summed E-state index contributed by atoms with van der Waals surface area (Å²) in [5.74, 6) is 0. The van der Waals surface area contributed by atoms with Crippen molar-refractivity contribution in [3.05, 3.63) is 76.8 Å². The molecule has 128 valence electrons. The van der Waals surface area contributed by atoms with Gasteiger partial charge in [0, 0.05) is 23.3 Å². The SMILES string of the molecule is O=c1cc(-c2ccc(Cl)c(Cl)c2Cl)[nH]c(-c2ccc(Cl)c(Cl)c2Cl)c1. The minimum atomic E-state index is -0.243. The Labute approximate surface area is 173 Å². The molecule has 8 heteroatoms. The topological polar surface area (TPSA) is 32.9 Å². The lowest BCUT2D eigenvalue weighted by atomic mass is 10.1. The number of pyridine rings is 1. The van der Waals surface area contributed by atoms with Crippen LogP contribution in [-0.4, -0.2) is 4.98 Å². The molecule has 3 rings (SSSR count). The van der Waals surface area contributed by atoms with E-state index < -0.39 is 0 Å². The number of halogens is 6. The van der Waals surface area contributed by atoms with Gasteiger partial charge in [-0.15, -0.1) is 0 Å². The predicted molar refractivity (Wildman–Crippen MR) is 108 cm³/mol. The Morgan fingerprint density at radius 1 is 0.600 bits per heavy atom. The first kappa shape index (κ1) is 18.9. The van der Waals surface area contributed by atoms with Crippen LogP contribution < -0.4 is 5.43 Å². The number of aromatic nitrogens is 1. The first-order chi connectivity index (χ1) is 11.8. The second-order valence-corrected chi connectivity index (χ2v) is 7.42. The van der Waals surface area contributed by atoms with Gasteiger partial charge < -0.3 is 4.98 Å². The van der Waals surface area contributed by atoms with E-state index in [0.717, 1.165) is 0 Å². The van der Waals surface area contributed by atoms with Crippen LogP contribution in [0.1, 0.15) is 0 Å². The maximum absolute atomic E-state index is 12.2. The number of benzene rings is 2. The Balaban J connectivity index is 2.23. The van der Waals surface area contributed by atoms with Crippen molar-refractivity contribution in [2.75, 3.05) is 0 Å².